The first-order valence-corrected chi connectivity index (χ1v) is 13.6. The molecule has 1 saturated heterocycles. The van der Waals surface area contributed by atoms with Crippen molar-refractivity contribution in [2.45, 2.75) is 70.6 Å². The predicted octanol–water partition coefficient (Wildman–Crippen LogP) is 3.72. The maximum atomic E-state index is 12.6. The number of hydrogen-bond donors (Lipinski definition) is 2. The van der Waals surface area contributed by atoms with Gasteiger partial charge in [0, 0.05) is 29.6 Å². The number of rotatable bonds is 8. The van der Waals surface area contributed by atoms with Crippen LogP contribution in [0.1, 0.15) is 62.2 Å². The van der Waals surface area contributed by atoms with Crippen LogP contribution in [0.2, 0.25) is 0 Å². The second-order valence-electron chi connectivity index (χ2n) is 9.08. The Morgan fingerprint density at radius 2 is 2.10 bits per heavy atom. The molecule has 0 bridgehead atoms. The van der Waals surface area contributed by atoms with Crippen LogP contribution in [0.5, 0.6) is 0 Å². The topological polar surface area (TPSA) is 78.1 Å². The van der Waals surface area contributed by atoms with Gasteiger partial charge >= 0.3 is 0 Å². The highest BCUT2D eigenvalue weighted by atomic mass is 32.2. The van der Waals surface area contributed by atoms with Crippen LogP contribution in [0.25, 0.3) is 10.2 Å². The monoisotopic (exact) mass is 462 g/mol. The summed E-state index contributed by atoms with van der Waals surface area (Å²) in [6, 6.07) is 0.390. The molecule has 0 saturated carbocycles. The number of H-pyrrole nitrogens is 1. The normalized spacial score (nSPS) is 18.8. The molecule has 2 aromatic heterocycles. The molecule has 0 aromatic carbocycles. The smallest absolute Gasteiger partial charge is 0.259 e. The number of nitrogens with zero attached hydrogens (tertiary/aromatic N) is 2. The Kier molecular flexibility index (Phi) is 7.72. The molecule has 1 amide bonds. The van der Waals surface area contributed by atoms with E-state index in [2.05, 4.69) is 29.0 Å². The average Bonchev–Trinajstić information content (AvgIpc) is 3.14. The van der Waals surface area contributed by atoms with Gasteiger partial charge in [0.05, 0.1) is 11.1 Å². The Labute approximate surface area is 192 Å². The van der Waals surface area contributed by atoms with Gasteiger partial charge in [0.15, 0.2) is 0 Å². The highest BCUT2D eigenvalue weighted by Crippen LogP contribution is 2.33. The number of amides is 1. The number of thiophene rings is 1. The van der Waals surface area contributed by atoms with Crippen molar-refractivity contribution in [3.8, 4) is 0 Å². The van der Waals surface area contributed by atoms with E-state index in [9.17, 15) is 9.59 Å². The number of fused-ring (bicyclic) bond motifs is 3. The SMILES string of the molecule is CC1CCN(C(C)CNC(=O)CCSCc2nc3sc4c(c3c(=O)[nH]2)CCCC4)CC1. The summed E-state index contributed by atoms with van der Waals surface area (Å²) in [6.45, 7) is 7.50. The third-order valence-corrected chi connectivity index (χ3v) is 8.78. The lowest BCUT2D eigenvalue weighted by Crippen LogP contribution is -2.45. The molecular weight excluding hydrogens is 428 g/mol. The summed E-state index contributed by atoms with van der Waals surface area (Å²) in [5.41, 5.74) is 1.23. The molecule has 1 fully saturated rings. The molecule has 8 heteroatoms. The van der Waals surface area contributed by atoms with Crippen LogP contribution in [0, 0.1) is 5.92 Å². The van der Waals surface area contributed by atoms with E-state index in [1.54, 1.807) is 23.1 Å². The van der Waals surface area contributed by atoms with E-state index in [4.69, 9.17) is 4.98 Å². The van der Waals surface area contributed by atoms with E-state index in [-0.39, 0.29) is 11.5 Å². The molecule has 2 aliphatic rings. The molecule has 2 N–H and O–H groups in total. The van der Waals surface area contributed by atoms with Crippen molar-refractivity contribution in [1.29, 1.82) is 0 Å². The fraction of sp³-hybridized carbons (Fsp3) is 0.696. The molecule has 170 valence electrons. The molecule has 0 spiro atoms. The fourth-order valence-electron chi connectivity index (χ4n) is 4.56. The quantitative estimate of drug-likeness (QED) is 0.585. The van der Waals surface area contributed by atoms with Gasteiger partial charge in [-0.25, -0.2) is 4.98 Å². The highest BCUT2D eigenvalue weighted by molar-refractivity contribution is 7.98. The molecule has 6 nitrogen and oxygen atoms in total. The van der Waals surface area contributed by atoms with Gasteiger partial charge in [-0.15, -0.1) is 11.3 Å². The number of aryl methyl sites for hydroxylation is 2. The molecule has 31 heavy (non-hydrogen) atoms. The summed E-state index contributed by atoms with van der Waals surface area (Å²) in [5, 5.41) is 3.90. The second-order valence-corrected chi connectivity index (χ2v) is 11.3. The number of nitrogens with one attached hydrogen (secondary N) is 2. The largest absolute Gasteiger partial charge is 0.355 e. The first-order chi connectivity index (χ1) is 15.0. The molecule has 3 heterocycles. The van der Waals surface area contributed by atoms with Gasteiger partial charge in [-0.1, -0.05) is 6.92 Å². The van der Waals surface area contributed by atoms with E-state index in [1.807, 2.05) is 0 Å². The van der Waals surface area contributed by atoms with Gasteiger partial charge in [0.1, 0.15) is 10.7 Å². The molecule has 4 rings (SSSR count). The molecule has 1 aliphatic heterocycles. The third-order valence-electron chi connectivity index (χ3n) is 6.62. The summed E-state index contributed by atoms with van der Waals surface area (Å²) < 4.78 is 0. The lowest BCUT2D eigenvalue weighted by molar-refractivity contribution is -0.120. The summed E-state index contributed by atoms with van der Waals surface area (Å²) in [5.74, 6) is 3.00. The number of hydrogen-bond acceptors (Lipinski definition) is 6. The molecular formula is C23H34N4O2S2. The number of carbonyl (C=O) groups excluding carboxylic acids is 1. The maximum absolute atomic E-state index is 12.6. The average molecular weight is 463 g/mol. The van der Waals surface area contributed by atoms with Crippen molar-refractivity contribution >= 4 is 39.2 Å². The lowest BCUT2D eigenvalue weighted by atomic mass is 9.97. The Balaban J connectivity index is 1.20. The molecule has 0 radical (unpaired) electrons. The van der Waals surface area contributed by atoms with Crippen LogP contribution in [0.15, 0.2) is 4.79 Å². The van der Waals surface area contributed by atoms with Crippen molar-refractivity contribution in [1.82, 2.24) is 20.2 Å². The van der Waals surface area contributed by atoms with Gasteiger partial charge in [0.25, 0.3) is 5.56 Å². The number of aromatic amines is 1. The lowest BCUT2D eigenvalue weighted by Gasteiger charge is -2.35. The number of thioether (sulfide) groups is 1. The van der Waals surface area contributed by atoms with Crippen molar-refractivity contribution in [3.05, 3.63) is 26.6 Å². The zero-order chi connectivity index (χ0) is 21.8. The number of piperidine rings is 1. The summed E-state index contributed by atoms with van der Waals surface area (Å²) in [7, 11) is 0. The standard InChI is InChI=1S/C23H34N4O2S2/c1-15-7-10-27(11-8-15)16(2)13-24-20(28)9-12-30-14-19-25-22(29)21-17-5-3-4-6-18(17)31-23(21)26-19/h15-16H,3-14H2,1-2H3,(H,24,28)(H,25,26,29). The van der Waals surface area contributed by atoms with E-state index in [0.717, 1.165) is 60.1 Å². The van der Waals surface area contributed by atoms with Gasteiger partial charge in [-0.05, 0) is 70.0 Å². The number of likely N-dealkylation sites (tertiary alicyclic amines) is 1. The summed E-state index contributed by atoms with van der Waals surface area (Å²) >= 11 is 3.33. The summed E-state index contributed by atoms with van der Waals surface area (Å²) in [4.78, 5) is 37.2. The van der Waals surface area contributed by atoms with E-state index in [0.29, 0.717) is 24.8 Å². The third kappa shape index (κ3) is 5.71. The predicted molar refractivity (Wildman–Crippen MR) is 130 cm³/mol. The van der Waals surface area contributed by atoms with Crippen molar-refractivity contribution < 1.29 is 4.79 Å². The maximum Gasteiger partial charge on any atom is 0.259 e. The number of carbonyl (C=O) groups is 1. The first-order valence-electron chi connectivity index (χ1n) is 11.6. The van der Waals surface area contributed by atoms with Crippen LogP contribution < -0.4 is 10.9 Å². The second kappa shape index (κ2) is 10.5. The summed E-state index contributed by atoms with van der Waals surface area (Å²) in [6.07, 6.45) is 7.44. The first kappa shape index (κ1) is 22.8. The fourth-order valence-corrected chi connectivity index (χ4v) is 6.64. The van der Waals surface area contributed by atoms with Crippen LogP contribution in [0.3, 0.4) is 0 Å². The zero-order valence-corrected chi connectivity index (χ0v) is 20.3. The molecule has 2 aromatic rings. The molecule has 1 unspecified atom stereocenters. The van der Waals surface area contributed by atoms with Crippen molar-refractivity contribution in [3.63, 3.8) is 0 Å². The van der Waals surface area contributed by atoms with Crippen LogP contribution in [-0.4, -0.2) is 52.2 Å². The highest BCUT2D eigenvalue weighted by Gasteiger charge is 2.21. The van der Waals surface area contributed by atoms with Crippen LogP contribution in [-0.2, 0) is 23.4 Å². The Bertz CT molecular complexity index is 962. The van der Waals surface area contributed by atoms with Gasteiger partial charge in [0.2, 0.25) is 5.91 Å². The Morgan fingerprint density at radius 1 is 1.32 bits per heavy atom. The number of aromatic nitrogens is 2. The van der Waals surface area contributed by atoms with E-state index >= 15 is 0 Å². The van der Waals surface area contributed by atoms with Gasteiger partial charge < -0.3 is 10.3 Å². The van der Waals surface area contributed by atoms with Crippen molar-refractivity contribution in [2.24, 2.45) is 5.92 Å². The molecule has 1 aliphatic carbocycles. The van der Waals surface area contributed by atoms with E-state index in [1.165, 1.54) is 29.7 Å². The van der Waals surface area contributed by atoms with Gasteiger partial charge in [-0.2, -0.15) is 11.8 Å². The Hall–Kier alpha value is -1.38. The van der Waals surface area contributed by atoms with Crippen LogP contribution >= 0.6 is 23.1 Å². The van der Waals surface area contributed by atoms with Crippen LogP contribution in [0.4, 0.5) is 0 Å². The van der Waals surface area contributed by atoms with Crippen molar-refractivity contribution in [2.75, 3.05) is 25.4 Å². The Morgan fingerprint density at radius 3 is 2.90 bits per heavy atom. The molecule has 1 atom stereocenters. The minimum Gasteiger partial charge on any atom is -0.355 e. The van der Waals surface area contributed by atoms with Gasteiger partial charge in [-0.3, -0.25) is 14.5 Å². The zero-order valence-electron chi connectivity index (χ0n) is 18.7. The minimum atomic E-state index is -0.00108. The van der Waals surface area contributed by atoms with E-state index < -0.39 is 0 Å². The minimum absolute atomic E-state index is 0.00108.